The lowest BCUT2D eigenvalue weighted by Crippen LogP contribution is -2.30. The van der Waals surface area contributed by atoms with Gasteiger partial charge in [0.15, 0.2) is 6.10 Å². The number of hydrogen-bond donors (Lipinski definition) is 0. The van der Waals surface area contributed by atoms with E-state index in [2.05, 4.69) is 130 Å². The normalized spacial score (nSPS) is 13.1. The van der Waals surface area contributed by atoms with Crippen molar-refractivity contribution in [3.8, 4) is 0 Å². The monoisotopic (exact) mass is 927 g/mol. The molecule has 0 aromatic carbocycles. The zero-order valence-corrected chi connectivity index (χ0v) is 43.1. The lowest BCUT2D eigenvalue weighted by atomic mass is 10.1. The third-order valence-electron chi connectivity index (χ3n) is 10.9. The molecule has 6 heteroatoms. The smallest absolute Gasteiger partial charge is 0.306 e. The van der Waals surface area contributed by atoms with Gasteiger partial charge in [-0.25, -0.2) is 0 Å². The first-order valence-corrected chi connectivity index (χ1v) is 27.0. The molecule has 0 amide bonds. The third-order valence-corrected chi connectivity index (χ3v) is 10.9. The Kier molecular flexibility index (Phi) is 51.0. The van der Waals surface area contributed by atoms with Crippen LogP contribution in [0.1, 0.15) is 226 Å². The van der Waals surface area contributed by atoms with Gasteiger partial charge in [0.05, 0.1) is 0 Å². The zero-order valence-electron chi connectivity index (χ0n) is 43.1. The maximum atomic E-state index is 12.7. The summed E-state index contributed by atoms with van der Waals surface area (Å²) in [7, 11) is 0. The fourth-order valence-corrected chi connectivity index (χ4v) is 6.93. The van der Waals surface area contributed by atoms with E-state index in [1.54, 1.807) is 0 Å². The summed E-state index contributed by atoms with van der Waals surface area (Å²) >= 11 is 0. The largest absolute Gasteiger partial charge is 0.462 e. The standard InChI is InChI=1S/C61H98O6/c1-4-7-10-13-16-19-22-24-25-26-27-28-29-30-31-32-33-34-35-37-39-42-45-48-51-54-60(63)66-57-58(56-65-59(62)53-50-47-44-41-38-21-18-15-12-9-6-3)67-61(64)55-52-49-46-43-40-36-23-20-17-14-11-8-5-2/h7-8,10-11,15-20,24-25,27-28,30-31,36,40,46,49,58H,4-6,9,12-14,21-23,26,29,32-35,37-39,41-45,47-48,50-57H2,1-3H3/b10-7-,11-8-,18-15-,19-16-,20-17-,25-24-,28-27-,31-30-,40-36-,49-46-. The Morgan fingerprint density at radius 3 is 0.985 bits per heavy atom. The molecule has 0 rings (SSSR count). The third kappa shape index (κ3) is 52.6. The van der Waals surface area contributed by atoms with Crippen molar-refractivity contribution in [1.82, 2.24) is 0 Å². The van der Waals surface area contributed by atoms with Crippen molar-refractivity contribution in [2.24, 2.45) is 0 Å². The van der Waals surface area contributed by atoms with Gasteiger partial charge in [-0.3, -0.25) is 14.4 Å². The second-order valence-electron chi connectivity index (χ2n) is 17.4. The van der Waals surface area contributed by atoms with Gasteiger partial charge in [0, 0.05) is 19.3 Å². The van der Waals surface area contributed by atoms with Crippen molar-refractivity contribution >= 4 is 17.9 Å². The van der Waals surface area contributed by atoms with Crippen molar-refractivity contribution < 1.29 is 28.6 Å². The zero-order chi connectivity index (χ0) is 48.6. The molecule has 0 aromatic heterocycles. The molecule has 378 valence electrons. The van der Waals surface area contributed by atoms with Gasteiger partial charge < -0.3 is 14.2 Å². The minimum atomic E-state index is -0.824. The van der Waals surface area contributed by atoms with Crippen molar-refractivity contribution in [2.45, 2.75) is 232 Å². The van der Waals surface area contributed by atoms with Crippen LogP contribution in [0.15, 0.2) is 122 Å². The minimum absolute atomic E-state index is 0.115. The lowest BCUT2D eigenvalue weighted by molar-refractivity contribution is -0.166. The number of hydrogen-bond acceptors (Lipinski definition) is 6. The van der Waals surface area contributed by atoms with Crippen LogP contribution in [0.4, 0.5) is 0 Å². The van der Waals surface area contributed by atoms with Crippen LogP contribution in [-0.4, -0.2) is 37.2 Å². The molecule has 0 aliphatic heterocycles. The van der Waals surface area contributed by atoms with E-state index < -0.39 is 12.1 Å². The van der Waals surface area contributed by atoms with Crippen molar-refractivity contribution in [2.75, 3.05) is 13.2 Å². The first kappa shape index (κ1) is 62.8. The molecule has 1 unspecified atom stereocenters. The number of carbonyl (C=O) groups excluding carboxylic acids is 3. The van der Waals surface area contributed by atoms with Crippen LogP contribution in [0.25, 0.3) is 0 Å². The topological polar surface area (TPSA) is 78.9 Å². The molecule has 0 N–H and O–H groups in total. The molecule has 0 fully saturated rings. The van der Waals surface area contributed by atoms with E-state index in [0.717, 1.165) is 116 Å². The van der Waals surface area contributed by atoms with Crippen LogP contribution >= 0.6 is 0 Å². The summed E-state index contributed by atoms with van der Waals surface area (Å²) in [5, 5.41) is 0. The highest BCUT2D eigenvalue weighted by Crippen LogP contribution is 2.14. The van der Waals surface area contributed by atoms with E-state index in [1.165, 1.54) is 64.2 Å². The first-order chi connectivity index (χ1) is 33.0. The molecule has 6 nitrogen and oxygen atoms in total. The highest BCUT2D eigenvalue weighted by molar-refractivity contribution is 5.71. The van der Waals surface area contributed by atoms with Gasteiger partial charge in [-0.05, 0) is 109 Å². The maximum Gasteiger partial charge on any atom is 0.306 e. The van der Waals surface area contributed by atoms with Crippen molar-refractivity contribution in [3.05, 3.63) is 122 Å². The molecule has 0 bridgehead atoms. The predicted octanol–water partition coefficient (Wildman–Crippen LogP) is 18.1. The first-order valence-electron chi connectivity index (χ1n) is 27.0. The van der Waals surface area contributed by atoms with E-state index in [-0.39, 0.29) is 31.6 Å². The van der Waals surface area contributed by atoms with Gasteiger partial charge >= 0.3 is 17.9 Å². The van der Waals surface area contributed by atoms with E-state index in [9.17, 15) is 14.4 Å². The van der Waals surface area contributed by atoms with Gasteiger partial charge in [-0.2, -0.15) is 0 Å². The van der Waals surface area contributed by atoms with Crippen LogP contribution < -0.4 is 0 Å². The molecular weight excluding hydrogens is 829 g/mol. The van der Waals surface area contributed by atoms with E-state index in [4.69, 9.17) is 14.2 Å². The van der Waals surface area contributed by atoms with Crippen LogP contribution in [-0.2, 0) is 28.6 Å². The number of rotatable bonds is 47. The van der Waals surface area contributed by atoms with Gasteiger partial charge in [-0.15, -0.1) is 0 Å². The summed E-state index contributed by atoms with van der Waals surface area (Å²) < 4.78 is 16.7. The van der Waals surface area contributed by atoms with Gasteiger partial charge in [-0.1, -0.05) is 219 Å². The van der Waals surface area contributed by atoms with Crippen LogP contribution in [0, 0.1) is 0 Å². The van der Waals surface area contributed by atoms with Gasteiger partial charge in [0.1, 0.15) is 13.2 Å². The summed E-state index contributed by atoms with van der Waals surface area (Å²) in [5.74, 6) is -1.02. The Hall–Kier alpha value is -4.19. The minimum Gasteiger partial charge on any atom is -0.462 e. The molecule has 0 saturated heterocycles. The van der Waals surface area contributed by atoms with Crippen molar-refractivity contribution in [1.29, 1.82) is 0 Å². The highest BCUT2D eigenvalue weighted by atomic mass is 16.6. The second kappa shape index (κ2) is 54.4. The second-order valence-corrected chi connectivity index (χ2v) is 17.4. The molecule has 0 radical (unpaired) electrons. The average molecular weight is 927 g/mol. The summed E-state index contributed by atoms with van der Waals surface area (Å²) in [5.41, 5.74) is 0. The van der Waals surface area contributed by atoms with Crippen LogP contribution in [0.2, 0.25) is 0 Å². The molecule has 67 heavy (non-hydrogen) atoms. The van der Waals surface area contributed by atoms with Crippen LogP contribution in [0.5, 0.6) is 0 Å². The highest BCUT2D eigenvalue weighted by Gasteiger charge is 2.19. The number of esters is 3. The molecule has 0 saturated carbocycles. The molecule has 0 aliphatic rings. The quantitative estimate of drug-likeness (QED) is 0.0262. The van der Waals surface area contributed by atoms with Gasteiger partial charge in [0.2, 0.25) is 0 Å². The van der Waals surface area contributed by atoms with E-state index >= 15 is 0 Å². The molecule has 0 spiro atoms. The van der Waals surface area contributed by atoms with Crippen LogP contribution in [0.3, 0.4) is 0 Å². The maximum absolute atomic E-state index is 12.7. The fraction of sp³-hybridized carbons (Fsp3) is 0.623. The summed E-state index contributed by atoms with van der Waals surface area (Å²) in [6, 6.07) is 0. The molecule has 0 aliphatic carbocycles. The lowest BCUT2D eigenvalue weighted by Gasteiger charge is -2.18. The fourth-order valence-electron chi connectivity index (χ4n) is 6.93. The number of unbranched alkanes of at least 4 members (excludes halogenated alkanes) is 16. The molecule has 0 aromatic rings. The SMILES string of the molecule is CC/C=C\C/C=C\C/C=C\C/C=C\C/C=C\CCCCCCCCCCCC(=O)OCC(COC(=O)CCCCCCC/C=C\CCCC)OC(=O)CC/C=C\C/C=C\C/C=C\C/C=C\CC. The molecular formula is C61H98O6. The Balaban J connectivity index is 4.36. The summed E-state index contributed by atoms with van der Waals surface area (Å²) in [4.78, 5) is 37.9. The average Bonchev–Trinajstić information content (AvgIpc) is 3.33. The molecule has 0 heterocycles. The summed E-state index contributed by atoms with van der Waals surface area (Å²) in [6.07, 6.45) is 74.9. The van der Waals surface area contributed by atoms with Crippen molar-refractivity contribution in [3.63, 3.8) is 0 Å². The summed E-state index contributed by atoms with van der Waals surface area (Å²) in [6.45, 7) is 6.28. The Morgan fingerprint density at radius 2 is 0.612 bits per heavy atom. The molecule has 1 atom stereocenters. The Morgan fingerprint density at radius 1 is 0.313 bits per heavy atom. The number of carbonyl (C=O) groups is 3. The Bertz CT molecular complexity index is 1440. The number of ether oxygens (including phenoxy) is 3. The Labute approximate surface area is 412 Å². The van der Waals surface area contributed by atoms with E-state index in [1.807, 2.05) is 12.2 Å². The van der Waals surface area contributed by atoms with E-state index in [0.29, 0.717) is 19.3 Å². The van der Waals surface area contributed by atoms with Gasteiger partial charge in [0.25, 0.3) is 0 Å². The predicted molar refractivity (Wildman–Crippen MR) is 288 cm³/mol. The number of allylic oxidation sites excluding steroid dienone is 20.